The van der Waals surface area contributed by atoms with Crippen molar-refractivity contribution in [3.63, 3.8) is 0 Å². The van der Waals surface area contributed by atoms with Crippen molar-refractivity contribution in [3.05, 3.63) is 29.8 Å². The highest BCUT2D eigenvalue weighted by molar-refractivity contribution is 5.35. The molecular formula is C17H28N2O. The molecule has 3 heteroatoms. The van der Waals surface area contributed by atoms with Crippen LogP contribution in [0.1, 0.15) is 44.7 Å². The number of benzene rings is 1. The fourth-order valence-corrected chi connectivity index (χ4v) is 3.71. The Labute approximate surface area is 123 Å². The molecule has 1 aromatic rings. The summed E-state index contributed by atoms with van der Waals surface area (Å²) in [5.41, 5.74) is 7.24. The molecule has 0 amide bonds. The van der Waals surface area contributed by atoms with Crippen LogP contribution in [0.2, 0.25) is 0 Å². The van der Waals surface area contributed by atoms with Gasteiger partial charge in [-0.15, -0.1) is 0 Å². The van der Waals surface area contributed by atoms with Crippen LogP contribution in [0.4, 0.5) is 0 Å². The van der Waals surface area contributed by atoms with Crippen molar-refractivity contribution in [1.82, 2.24) is 4.90 Å². The maximum absolute atomic E-state index is 5.96. The summed E-state index contributed by atoms with van der Waals surface area (Å²) >= 11 is 0. The van der Waals surface area contributed by atoms with Crippen molar-refractivity contribution in [3.8, 4) is 5.75 Å². The highest BCUT2D eigenvalue weighted by Gasteiger charge is 2.33. The quantitative estimate of drug-likeness (QED) is 0.867. The lowest BCUT2D eigenvalue weighted by Gasteiger charge is -2.37. The van der Waals surface area contributed by atoms with Crippen LogP contribution >= 0.6 is 0 Å². The summed E-state index contributed by atoms with van der Waals surface area (Å²) in [6.07, 6.45) is 3.85. The van der Waals surface area contributed by atoms with Gasteiger partial charge in [0.05, 0.1) is 7.11 Å². The first-order valence-electron chi connectivity index (χ1n) is 7.81. The van der Waals surface area contributed by atoms with Crippen LogP contribution in [0.15, 0.2) is 24.3 Å². The number of hydrogen-bond acceptors (Lipinski definition) is 3. The first-order chi connectivity index (χ1) is 9.72. The zero-order valence-corrected chi connectivity index (χ0v) is 13.0. The van der Waals surface area contributed by atoms with Crippen LogP contribution in [0.3, 0.4) is 0 Å². The number of hydrogen-bond donors (Lipinski definition) is 1. The van der Waals surface area contributed by atoms with Gasteiger partial charge >= 0.3 is 0 Å². The maximum atomic E-state index is 5.96. The molecule has 0 bridgehead atoms. The minimum absolute atomic E-state index is 0.369. The third-order valence-corrected chi connectivity index (χ3v) is 4.80. The molecule has 1 fully saturated rings. The molecule has 1 saturated carbocycles. The minimum atomic E-state index is 0.369. The van der Waals surface area contributed by atoms with E-state index in [9.17, 15) is 0 Å². The van der Waals surface area contributed by atoms with E-state index in [4.69, 9.17) is 10.5 Å². The lowest BCUT2D eigenvalue weighted by molar-refractivity contribution is 0.121. The monoisotopic (exact) mass is 276 g/mol. The van der Waals surface area contributed by atoms with E-state index in [1.54, 1.807) is 7.11 Å². The molecular weight excluding hydrogens is 248 g/mol. The molecule has 0 heterocycles. The molecule has 2 rings (SSSR count). The lowest BCUT2D eigenvalue weighted by Crippen LogP contribution is -2.41. The number of rotatable bonds is 6. The van der Waals surface area contributed by atoms with Gasteiger partial charge in [-0.05, 0) is 44.8 Å². The standard InChI is InChI=1S/C17H28N2O/c1-4-19(16-10-7-8-14(16)12-18)13(2)15-9-5-6-11-17(15)20-3/h5-6,9,11,13-14,16H,4,7-8,10,12,18H2,1-3H3. The Kier molecular flexibility index (Phi) is 5.44. The molecule has 0 saturated heterocycles. The Hall–Kier alpha value is -1.06. The van der Waals surface area contributed by atoms with Crippen LogP contribution < -0.4 is 10.5 Å². The van der Waals surface area contributed by atoms with Crippen LogP contribution in [-0.4, -0.2) is 31.1 Å². The summed E-state index contributed by atoms with van der Waals surface area (Å²) in [5.74, 6) is 1.63. The van der Waals surface area contributed by atoms with Crippen LogP contribution in [0.5, 0.6) is 5.75 Å². The normalized spacial score (nSPS) is 24.1. The maximum Gasteiger partial charge on any atom is 0.123 e. The first kappa shape index (κ1) is 15.3. The van der Waals surface area contributed by atoms with Crippen molar-refractivity contribution < 1.29 is 4.74 Å². The summed E-state index contributed by atoms with van der Waals surface area (Å²) < 4.78 is 5.53. The SMILES string of the molecule is CCN(C(C)c1ccccc1OC)C1CCCC1CN. The predicted molar refractivity (Wildman–Crippen MR) is 84.0 cm³/mol. The van der Waals surface area contributed by atoms with E-state index in [1.165, 1.54) is 24.8 Å². The Balaban J connectivity index is 2.22. The molecule has 0 aliphatic heterocycles. The van der Waals surface area contributed by atoms with E-state index in [1.807, 2.05) is 6.07 Å². The first-order valence-corrected chi connectivity index (χ1v) is 7.81. The van der Waals surface area contributed by atoms with Gasteiger partial charge < -0.3 is 10.5 Å². The number of para-hydroxylation sites is 1. The van der Waals surface area contributed by atoms with Gasteiger partial charge in [-0.3, -0.25) is 4.90 Å². The highest BCUT2D eigenvalue weighted by Crippen LogP contribution is 2.36. The van der Waals surface area contributed by atoms with Gasteiger partial charge in [0, 0.05) is 17.6 Å². The molecule has 1 aliphatic rings. The summed E-state index contributed by atoms with van der Waals surface area (Å²) in [6, 6.07) is 9.34. The zero-order valence-electron chi connectivity index (χ0n) is 13.0. The fourth-order valence-electron chi connectivity index (χ4n) is 3.71. The van der Waals surface area contributed by atoms with Crippen molar-refractivity contribution in [2.75, 3.05) is 20.2 Å². The second kappa shape index (κ2) is 7.09. The molecule has 1 aliphatic carbocycles. The molecule has 1 aromatic carbocycles. The van der Waals surface area contributed by atoms with E-state index in [2.05, 4.69) is 36.9 Å². The Morgan fingerprint density at radius 1 is 1.35 bits per heavy atom. The molecule has 3 atom stereocenters. The molecule has 3 nitrogen and oxygen atoms in total. The summed E-state index contributed by atoms with van der Waals surface area (Å²) in [5, 5.41) is 0. The van der Waals surface area contributed by atoms with E-state index < -0.39 is 0 Å². The van der Waals surface area contributed by atoms with Crippen LogP contribution in [-0.2, 0) is 0 Å². The number of ether oxygens (including phenoxy) is 1. The molecule has 0 spiro atoms. The van der Waals surface area contributed by atoms with Gasteiger partial charge in [0.15, 0.2) is 0 Å². The summed E-state index contributed by atoms with van der Waals surface area (Å²) in [7, 11) is 1.75. The molecule has 20 heavy (non-hydrogen) atoms. The van der Waals surface area contributed by atoms with E-state index in [0.29, 0.717) is 18.0 Å². The number of nitrogens with zero attached hydrogens (tertiary/aromatic N) is 1. The third kappa shape index (κ3) is 2.99. The lowest BCUT2D eigenvalue weighted by atomic mass is 9.97. The highest BCUT2D eigenvalue weighted by atomic mass is 16.5. The summed E-state index contributed by atoms with van der Waals surface area (Å²) in [6.45, 7) is 6.39. The number of nitrogens with two attached hydrogens (primary N) is 1. The van der Waals surface area contributed by atoms with Crippen molar-refractivity contribution in [1.29, 1.82) is 0 Å². The van der Waals surface area contributed by atoms with Gasteiger partial charge in [-0.2, -0.15) is 0 Å². The number of methoxy groups -OCH3 is 1. The van der Waals surface area contributed by atoms with E-state index in [-0.39, 0.29) is 0 Å². The fraction of sp³-hybridized carbons (Fsp3) is 0.647. The average molecular weight is 276 g/mol. The van der Waals surface area contributed by atoms with Crippen LogP contribution in [0.25, 0.3) is 0 Å². The van der Waals surface area contributed by atoms with Gasteiger partial charge in [-0.1, -0.05) is 31.5 Å². The second-order valence-electron chi connectivity index (χ2n) is 5.74. The van der Waals surface area contributed by atoms with Gasteiger partial charge in [0.2, 0.25) is 0 Å². The Bertz CT molecular complexity index is 421. The van der Waals surface area contributed by atoms with E-state index in [0.717, 1.165) is 18.8 Å². The second-order valence-corrected chi connectivity index (χ2v) is 5.74. The Morgan fingerprint density at radius 2 is 2.10 bits per heavy atom. The largest absolute Gasteiger partial charge is 0.496 e. The topological polar surface area (TPSA) is 38.5 Å². The molecule has 112 valence electrons. The van der Waals surface area contributed by atoms with Gasteiger partial charge in [0.25, 0.3) is 0 Å². The molecule has 0 aromatic heterocycles. The molecule has 2 N–H and O–H groups in total. The smallest absolute Gasteiger partial charge is 0.123 e. The van der Waals surface area contributed by atoms with Crippen LogP contribution in [0, 0.1) is 5.92 Å². The molecule has 0 radical (unpaired) electrons. The minimum Gasteiger partial charge on any atom is -0.496 e. The summed E-state index contributed by atoms with van der Waals surface area (Å²) in [4.78, 5) is 2.60. The zero-order chi connectivity index (χ0) is 14.5. The van der Waals surface area contributed by atoms with E-state index >= 15 is 0 Å². The van der Waals surface area contributed by atoms with Gasteiger partial charge in [-0.25, -0.2) is 0 Å². The van der Waals surface area contributed by atoms with Crippen molar-refractivity contribution in [2.24, 2.45) is 11.7 Å². The van der Waals surface area contributed by atoms with Crippen molar-refractivity contribution in [2.45, 2.75) is 45.2 Å². The van der Waals surface area contributed by atoms with Gasteiger partial charge in [0.1, 0.15) is 5.75 Å². The predicted octanol–water partition coefficient (Wildman–Crippen LogP) is 3.21. The Morgan fingerprint density at radius 3 is 2.75 bits per heavy atom. The third-order valence-electron chi connectivity index (χ3n) is 4.80. The van der Waals surface area contributed by atoms with Crippen molar-refractivity contribution >= 4 is 0 Å². The average Bonchev–Trinajstić information content (AvgIpc) is 2.96. The molecule has 3 unspecified atom stereocenters.